The van der Waals surface area contributed by atoms with Crippen LogP contribution in [-0.4, -0.2) is 28.7 Å². The van der Waals surface area contributed by atoms with Crippen molar-refractivity contribution in [1.29, 1.82) is 0 Å². The summed E-state index contributed by atoms with van der Waals surface area (Å²) in [5.74, 6) is 0.116. The van der Waals surface area contributed by atoms with E-state index in [2.05, 4.69) is 21.0 Å². The van der Waals surface area contributed by atoms with Gasteiger partial charge >= 0.3 is 0 Å². The molecule has 1 heterocycles. The lowest BCUT2D eigenvalue weighted by Crippen LogP contribution is -2.32. The van der Waals surface area contributed by atoms with Crippen LogP contribution in [0.2, 0.25) is 0 Å². The molecule has 0 amide bonds. The smallest absolute Gasteiger partial charge is 0.157 e. The van der Waals surface area contributed by atoms with E-state index in [1.54, 1.807) is 25.5 Å². The third-order valence-corrected chi connectivity index (χ3v) is 6.53. The molecular weight excluding hydrogens is 304 g/mol. The van der Waals surface area contributed by atoms with Crippen molar-refractivity contribution in [2.24, 2.45) is 0 Å². The van der Waals surface area contributed by atoms with Gasteiger partial charge in [-0.2, -0.15) is 5.10 Å². The number of rotatable bonds is 3. The maximum atomic E-state index is 12.0. The van der Waals surface area contributed by atoms with Crippen LogP contribution in [0, 0.1) is 13.8 Å². The second kappa shape index (κ2) is 4.72. The quantitative estimate of drug-likeness (QED) is 0.859. The molecule has 0 aromatic carbocycles. The lowest BCUT2D eigenvalue weighted by Gasteiger charge is -2.19. The van der Waals surface area contributed by atoms with Crippen LogP contribution in [-0.2, 0) is 16.4 Å². The van der Waals surface area contributed by atoms with Gasteiger partial charge in [-0.15, -0.1) is 0 Å². The highest BCUT2D eigenvalue weighted by Gasteiger charge is 2.28. The minimum absolute atomic E-state index is 0.116. The molecule has 4 nitrogen and oxygen atoms in total. The molecule has 0 aliphatic carbocycles. The molecule has 1 aromatic heterocycles. The van der Waals surface area contributed by atoms with E-state index in [4.69, 9.17) is 0 Å². The normalized spacial score (nSPS) is 13.1. The van der Waals surface area contributed by atoms with Crippen molar-refractivity contribution in [2.75, 3.05) is 5.75 Å². The number of halogens is 1. The van der Waals surface area contributed by atoms with Crippen LogP contribution in [0.1, 0.15) is 32.2 Å². The zero-order chi connectivity index (χ0) is 13.4. The first kappa shape index (κ1) is 14.7. The van der Waals surface area contributed by atoms with Crippen molar-refractivity contribution < 1.29 is 8.42 Å². The maximum absolute atomic E-state index is 12.0. The number of aryl methyl sites for hydroxylation is 2. The fourth-order valence-electron chi connectivity index (χ4n) is 1.41. The molecule has 6 heteroatoms. The van der Waals surface area contributed by atoms with Gasteiger partial charge in [0.1, 0.15) is 0 Å². The summed E-state index contributed by atoms with van der Waals surface area (Å²) in [6.07, 6.45) is 0. The first-order valence-corrected chi connectivity index (χ1v) is 7.92. The molecule has 0 radical (unpaired) electrons. The Bertz CT molecular complexity index is 512. The first-order chi connectivity index (χ1) is 7.56. The Morgan fingerprint density at radius 2 is 1.82 bits per heavy atom. The van der Waals surface area contributed by atoms with Crippen LogP contribution >= 0.6 is 15.9 Å². The summed E-state index contributed by atoms with van der Waals surface area (Å²) in [7, 11) is -3.09. The van der Waals surface area contributed by atoms with Gasteiger partial charge in [-0.3, -0.25) is 4.68 Å². The first-order valence-electron chi connectivity index (χ1n) is 5.48. The lowest BCUT2D eigenvalue weighted by molar-refractivity contribution is 0.545. The van der Waals surface area contributed by atoms with Gasteiger partial charge in [-0.25, -0.2) is 8.42 Å². The molecule has 0 saturated carbocycles. The zero-order valence-electron chi connectivity index (χ0n) is 10.9. The van der Waals surface area contributed by atoms with Crippen molar-refractivity contribution in [1.82, 2.24) is 9.78 Å². The predicted molar refractivity (Wildman–Crippen MR) is 72.9 cm³/mol. The molecule has 0 unspecified atom stereocenters. The van der Waals surface area contributed by atoms with E-state index >= 15 is 0 Å². The Morgan fingerprint density at radius 3 is 2.18 bits per heavy atom. The summed E-state index contributed by atoms with van der Waals surface area (Å²) >= 11 is 3.43. The average Bonchev–Trinajstić information content (AvgIpc) is 2.41. The van der Waals surface area contributed by atoms with E-state index in [-0.39, 0.29) is 5.75 Å². The molecular formula is C11H19BrN2O2S. The SMILES string of the molecule is Cc1nn(CCS(=O)(=O)C(C)(C)C)c(C)c1Br. The molecule has 0 aliphatic heterocycles. The van der Waals surface area contributed by atoms with Crippen LogP contribution in [0.4, 0.5) is 0 Å². The number of aromatic nitrogens is 2. The lowest BCUT2D eigenvalue weighted by atomic mass is 10.3. The summed E-state index contributed by atoms with van der Waals surface area (Å²) in [6.45, 7) is 9.38. The Balaban J connectivity index is 2.86. The predicted octanol–water partition coefficient (Wildman–Crippen LogP) is 2.48. The van der Waals surface area contributed by atoms with Gasteiger partial charge in [0.2, 0.25) is 0 Å². The highest BCUT2D eigenvalue weighted by atomic mass is 79.9. The van der Waals surface area contributed by atoms with Crippen LogP contribution in [0.3, 0.4) is 0 Å². The van der Waals surface area contributed by atoms with Crippen LogP contribution in [0.5, 0.6) is 0 Å². The standard InChI is InChI=1S/C11H19BrN2O2S/c1-8-10(12)9(2)14(13-8)6-7-17(15,16)11(3,4)5/h6-7H2,1-5H3. The molecule has 1 aromatic rings. The molecule has 0 N–H and O–H groups in total. The summed E-state index contributed by atoms with van der Waals surface area (Å²) < 4.78 is 25.9. The van der Waals surface area contributed by atoms with Crippen molar-refractivity contribution in [3.8, 4) is 0 Å². The molecule has 0 saturated heterocycles. The minimum Gasteiger partial charge on any atom is -0.267 e. The van der Waals surface area contributed by atoms with Crippen molar-refractivity contribution in [3.63, 3.8) is 0 Å². The summed E-state index contributed by atoms with van der Waals surface area (Å²) in [5, 5.41) is 4.30. The monoisotopic (exact) mass is 322 g/mol. The van der Waals surface area contributed by atoms with Crippen LogP contribution < -0.4 is 0 Å². The van der Waals surface area contributed by atoms with Crippen LogP contribution in [0.25, 0.3) is 0 Å². The largest absolute Gasteiger partial charge is 0.267 e. The molecule has 0 spiro atoms. The Kier molecular flexibility index (Phi) is 4.08. The molecule has 1 rings (SSSR count). The molecule has 0 bridgehead atoms. The molecule has 0 fully saturated rings. The van der Waals surface area contributed by atoms with Gasteiger partial charge in [0.15, 0.2) is 9.84 Å². The summed E-state index contributed by atoms with van der Waals surface area (Å²) in [4.78, 5) is 0. The van der Waals surface area contributed by atoms with E-state index in [9.17, 15) is 8.42 Å². The van der Waals surface area contributed by atoms with Gasteiger partial charge < -0.3 is 0 Å². The molecule has 98 valence electrons. The Labute approximate surface area is 111 Å². The highest BCUT2D eigenvalue weighted by Crippen LogP contribution is 2.21. The van der Waals surface area contributed by atoms with Crippen molar-refractivity contribution in [3.05, 3.63) is 15.9 Å². The van der Waals surface area contributed by atoms with Gasteiger partial charge in [-0.05, 0) is 50.5 Å². The maximum Gasteiger partial charge on any atom is 0.157 e. The van der Waals surface area contributed by atoms with Gasteiger partial charge in [0.05, 0.1) is 27.2 Å². The fourth-order valence-corrected chi connectivity index (χ4v) is 2.72. The van der Waals surface area contributed by atoms with E-state index in [0.717, 1.165) is 15.9 Å². The van der Waals surface area contributed by atoms with Gasteiger partial charge in [0.25, 0.3) is 0 Å². The number of nitrogens with zero attached hydrogens (tertiary/aromatic N) is 2. The number of hydrogen-bond acceptors (Lipinski definition) is 3. The minimum atomic E-state index is -3.09. The zero-order valence-corrected chi connectivity index (χ0v) is 13.3. The van der Waals surface area contributed by atoms with E-state index in [1.165, 1.54) is 0 Å². The van der Waals surface area contributed by atoms with E-state index < -0.39 is 14.6 Å². The van der Waals surface area contributed by atoms with Crippen LogP contribution in [0.15, 0.2) is 4.47 Å². The Hall–Kier alpha value is -0.360. The average molecular weight is 323 g/mol. The third-order valence-electron chi connectivity index (χ3n) is 2.80. The topological polar surface area (TPSA) is 52.0 Å². The van der Waals surface area contributed by atoms with Crippen molar-refractivity contribution >= 4 is 25.8 Å². The van der Waals surface area contributed by atoms with Gasteiger partial charge in [0, 0.05) is 5.69 Å². The summed E-state index contributed by atoms with van der Waals surface area (Å²) in [6, 6.07) is 0. The van der Waals surface area contributed by atoms with Gasteiger partial charge in [-0.1, -0.05) is 0 Å². The highest BCUT2D eigenvalue weighted by molar-refractivity contribution is 9.10. The van der Waals surface area contributed by atoms with E-state index in [0.29, 0.717) is 6.54 Å². The third kappa shape index (κ3) is 3.10. The second-order valence-electron chi connectivity index (χ2n) is 5.14. The number of hydrogen-bond donors (Lipinski definition) is 0. The molecule has 17 heavy (non-hydrogen) atoms. The van der Waals surface area contributed by atoms with E-state index in [1.807, 2.05) is 13.8 Å². The molecule has 0 aliphatic rings. The number of sulfone groups is 1. The summed E-state index contributed by atoms with van der Waals surface area (Å²) in [5.41, 5.74) is 1.85. The molecule has 0 atom stereocenters. The van der Waals surface area contributed by atoms with Crippen molar-refractivity contribution in [2.45, 2.75) is 45.9 Å². The fraction of sp³-hybridized carbons (Fsp3) is 0.727. The Morgan fingerprint density at radius 1 is 1.29 bits per heavy atom. The second-order valence-corrected chi connectivity index (χ2v) is 8.79.